The molecule has 3 aromatic rings. The molecule has 0 saturated carbocycles. The van der Waals surface area contributed by atoms with Gasteiger partial charge in [0, 0.05) is 21.5 Å². The maximum absolute atomic E-state index is 13.3. The first-order chi connectivity index (χ1) is 16.0. The minimum Gasteiger partial charge on any atom is -0.318 e. The lowest BCUT2D eigenvalue weighted by atomic mass is 10.1. The van der Waals surface area contributed by atoms with Crippen LogP contribution in [0.25, 0.3) is 11.8 Å². The van der Waals surface area contributed by atoms with Crippen LogP contribution in [0.3, 0.4) is 0 Å². The molecule has 8 nitrogen and oxygen atoms in total. The molecule has 174 valence electrons. The third-order valence-corrected chi connectivity index (χ3v) is 7.07. The molecule has 1 aliphatic rings. The summed E-state index contributed by atoms with van der Waals surface area (Å²) in [5.74, 6) is -1.11. The van der Waals surface area contributed by atoms with Gasteiger partial charge < -0.3 is 4.57 Å². The van der Waals surface area contributed by atoms with Crippen molar-refractivity contribution < 1.29 is 18.0 Å². The van der Waals surface area contributed by atoms with Gasteiger partial charge in [0.25, 0.3) is 11.8 Å². The predicted molar refractivity (Wildman–Crippen MR) is 137 cm³/mol. The first-order valence-electron chi connectivity index (χ1n) is 9.96. The van der Waals surface area contributed by atoms with E-state index in [1.807, 2.05) is 30.5 Å². The van der Waals surface area contributed by atoms with Crippen molar-refractivity contribution in [3.63, 3.8) is 0 Å². The molecule has 0 bridgehead atoms. The molecule has 1 aliphatic heterocycles. The number of nitrogens with one attached hydrogen (secondary N) is 1. The van der Waals surface area contributed by atoms with Gasteiger partial charge in [-0.05, 0) is 86.2 Å². The number of benzene rings is 2. The molecule has 34 heavy (non-hydrogen) atoms. The second kappa shape index (κ2) is 8.91. The lowest BCUT2D eigenvalue weighted by Crippen LogP contribution is -2.54. The monoisotopic (exact) mass is 558 g/mol. The average molecular weight is 559 g/mol. The molecule has 2 amide bonds. The fraction of sp³-hybridized carbons (Fsp3) is 0.0870. The predicted octanol–water partition coefficient (Wildman–Crippen LogP) is 3.34. The van der Waals surface area contributed by atoms with E-state index in [-0.39, 0.29) is 15.6 Å². The summed E-state index contributed by atoms with van der Waals surface area (Å²) in [4.78, 5) is 27.2. The molecule has 0 spiro atoms. The average Bonchev–Trinajstić information content (AvgIpc) is 3.03. The minimum atomic E-state index is -3.80. The van der Waals surface area contributed by atoms with Crippen molar-refractivity contribution >= 4 is 66.9 Å². The zero-order valence-corrected chi connectivity index (χ0v) is 21.3. The quantitative estimate of drug-likeness (QED) is 0.289. The molecule has 2 aromatic carbocycles. The van der Waals surface area contributed by atoms with Crippen molar-refractivity contribution in [3.8, 4) is 5.69 Å². The SMILES string of the molecule is Cc1cc(/C=C2\C(=O)NC(=S)N(c3cccc(Br)c3)C2=O)c(C)n1-c1ccc(S(N)(=O)=O)cc1. The van der Waals surface area contributed by atoms with Crippen LogP contribution in [0.1, 0.15) is 17.0 Å². The van der Waals surface area contributed by atoms with Crippen LogP contribution in [0.15, 0.2) is 69.5 Å². The van der Waals surface area contributed by atoms with Crippen molar-refractivity contribution in [2.75, 3.05) is 4.90 Å². The minimum absolute atomic E-state index is 0.00525. The number of primary sulfonamides is 1. The number of nitrogens with zero attached hydrogens (tertiary/aromatic N) is 2. The normalized spacial score (nSPS) is 15.7. The number of aryl methyl sites for hydroxylation is 1. The molecular formula is C23H19BrN4O4S2. The van der Waals surface area contributed by atoms with Crippen molar-refractivity contribution in [2.24, 2.45) is 5.14 Å². The summed E-state index contributed by atoms with van der Waals surface area (Å²) in [6.45, 7) is 3.71. The van der Waals surface area contributed by atoms with Crippen LogP contribution in [-0.4, -0.2) is 29.9 Å². The summed E-state index contributed by atoms with van der Waals surface area (Å²) in [7, 11) is -3.80. The zero-order chi connectivity index (χ0) is 24.8. The van der Waals surface area contributed by atoms with Crippen molar-refractivity contribution in [1.82, 2.24) is 9.88 Å². The molecule has 0 radical (unpaired) electrons. The number of nitrogens with two attached hydrogens (primary N) is 1. The Hall–Kier alpha value is -3.12. The van der Waals surface area contributed by atoms with Crippen LogP contribution in [0.4, 0.5) is 5.69 Å². The molecule has 0 atom stereocenters. The van der Waals surface area contributed by atoms with Gasteiger partial charge in [0.1, 0.15) is 5.57 Å². The maximum atomic E-state index is 13.3. The second-order valence-corrected chi connectivity index (χ2v) is 10.5. The van der Waals surface area contributed by atoms with Gasteiger partial charge in [-0.15, -0.1) is 0 Å². The van der Waals surface area contributed by atoms with Gasteiger partial charge in [-0.2, -0.15) is 0 Å². The van der Waals surface area contributed by atoms with Crippen LogP contribution in [-0.2, 0) is 19.6 Å². The van der Waals surface area contributed by atoms with Gasteiger partial charge in [-0.3, -0.25) is 19.8 Å². The summed E-state index contributed by atoms with van der Waals surface area (Å²) in [6, 6.07) is 15.0. The number of sulfonamides is 1. The lowest BCUT2D eigenvalue weighted by molar-refractivity contribution is -0.122. The van der Waals surface area contributed by atoms with E-state index < -0.39 is 21.8 Å². The van der Waals surface area contributed by atoms with E-state index in [0.717, 1.165) is 15.9 Å². The molecule has 0 unspecified atom stereocenters. The fourth-order valence-electron chi connectivity index (χ4n) is 3.78. The van der Waals surface area contributed by atoms with E-state index in [4.69, 9.17) is 17.4 Å². The highest BCUT2D eigenvalue weighted by molar-refractivity contribution is 9.10. The third-order valence-electron chi connectivity index (χ3n) is 5.36. The van der Waals surface area contributed by atoms with Crippen LogP contribution in [0, 0.1) is 13.8 Å². The van der Waals surface area contributed by atoms with Gasteiger partial charge in [-0.25, -0.2) is 13.6 Å². The van der Waals surface area contributed by atoms with E-state index >= 15 is 0 Å². The van der Waals surface area contributed by atoms with Gasteiger partial charge in [0.05, 0.1) is 10.6 Å². The Kier molecular flexibility index (Phi) is 6.30. The molecule has 3 N–H and O–H groups in total. The van der Waals surface area contributed by atoms with Crippen molar-refractivity contribution in [2.45, 2.75) is 18.7 Å². The Labute approximate surface area is 210 Å². The fourth-order valence-corrected chi connectivity index (χ4v) is 4.96. The molecule has 1 fully saturated rings. The maximum Gasteiger partial charge on any atom is 0.270 e. The number of hydrogen-bond acceptors (Lipinski definition) is 5. The number of amides is 2. The summed E-state index contributed by atoms with van der Waals surface area (Å²) in [6.07, 6.45) is 1.53. The van der Waals surface area contributed by atoms with E-state index in [2.05, 4.69) is 21.2 Å². The number of aromatic nitrogens is 1. The van der Waals surface area contributed by atoms with E-state index in [9.17, 15) is 18.0 Å². The number of carbonyl (C=O) groups excluding carboxylic acids is 2. The summed E-state index contributed by atoms with van der Waals surface area (Å²) < 4.78 is 25.8. The highest BCUT2D eigenvalue weighted by atomic mass is 79.9. The third kappa shape index (κ3) is 4.47. The lowest BCUT2D eigenvalue weighted by Gasteiger charge is -2.29. The summed E-state index contributed by atoms with van der Waals surface area (Å²) >= 11 is 8.63. The van der Waals surface area contributed by atoms with Gasteiger partial charge >= 0.3 is 0 Å². The highest BCUT2D eigenvalue weighted by Gasteiger charge is 2.34. The zero-order valence-electron chi connectivity index (χ0n) is 18.1. The summed E-state index contributed by atoms with van der Waals surface area (Å²) in [5.41, 5.74) is 3.43. The smallest absolute Gasteiger partial charge is 0.270 e. The van der Waals surface area contributed by atoms with E-state index in [1.165, 1.54) is 23.1 Å². The molecule has 0 aliphatic carbocycles. The van der Waals surface area contributed by atoms with Crippen molar-refractivity contribution in [1.29, 1.82) is 0 Å². The van der Waals surface area contributed by atoms with Crippen LogP contribution in [0.5, 0.6) is 0 Å². The number of carbonyl (C=O) groups is 2. The Morgan fingerprint density at radius 1 is 1.03 bits per heavy atom. The molecular weight excluding hydrogens is 540 g/mol. The second-order valence-electron chi connectivity index (χ2n) is 7.64. The number of rotatable bonds is 4. The van der Waals surface area contributed by atoms with Gasteiger partial charge in [0.15, 0.2) is 5.11 Å². The largest absolute Gasteiger partial charge is 0.318 e. The number of hydrogen-bond donors (Lipinski definition) is 2. The van der Waals surface area contributed by atoms with Crippen LogP contribution >= 0.6 is 28.1 Å². The molecule has 1 saturated heterocycles. The molecule has 4 rings (SSSR count). The number of anilines is 1. The Balaban J connectivity index is 1.74. The number of thiocarbonyl (C=S) groups is 1. The van der Waals surface area contributed by atoms with Crippen LogP contribution in [0.2, 0.25) is 0 Å². The van der Waals surface area contributed by atoms with E-state index in [1.54, 1.807) is 30.3 Å². The molecule has 2 heterocycles. The van der Waals surface area contributed by atoms with E-state index in [0.29, 0.717) is 16.9 Å². The topological polar surface area (TPSA) is 114 Å². The Bertz CT molecular complexity index is 1490. The van der Waals surface area contributed by atoms with Crippen molar-refractivity contribution in [3.05, 3.63) is 81.6 Å². The molecule has 11 heteroatoms. The summed E-state index contributed by atoms with van der Waals surface area (Å²) in [5, 5.41) is 7.77. The Morgan fingerprint density at radius 2 is 1.71 bits per heavy atom. The first kappa shape index (κ1) is 24.0. The Morgan fingerprint density at radius 3 is 2.32 bits per heavy atom. The first-order valence-corrected chi connectivity index (χ1v) is 12.7. The standard InChI is InChI=1S/C23H19BrN4O4S2/c1-13-10-15(14(2)27(13)17-6-8-19(9-7-17)34(25,31)32)11-20-21(29)26-23(33)28(22(20)30)18-5-3-4-16(24)12-18/h3-12H,1-2H3,(H2,25,31,32)(H,26,29,33)/b20-11+. The van der Waals surface area contributed by atoms with Crippen LogP contribution < -0.4 is 15.4 Å². The van der Waals surface area contributed by atoms with Gasteiger partial charge in [0.2, 0.25) is 10.0 Å². The van der Waals surface area contributed by atoms with Gasteiger partial charge in [-0.1, -0.05) is 22.0 Å². The highest BCUT2D eigenvalue weighted by Crippen LogP contribution is 2.27. The molecule has 1 aromatic heterocycles. The number of halogens is 1.